The van der Waals surface area contributed by atoms with Gasteiger partial charge in [0, 0.05) is 11.3 Å². The number of carbonyl (C=O) groups is 2. The van der Waals surface area contributed by atoms with E-state index in [1.165, 1.54) is 14.2 Å². The van der Waals surface area contributed by atoms with Crippen LogP contribution in [-0.4, -0.2) is 45.1 Å². The van der Waals surface area contributed by atoms with E-state index in [2.05, 4.69) is 4.74 Å². The second-order valence-electron chi connectivity index (χ2n) is 6.24. The molecule has 2 aromatic carbocycles. The van der Waals surface area contributed by atoms with E-state index in [0.29, 0.717) is 40.4 Å². The van der Waals surface area contributed by atoms with Crippen molar-refractivity contribution in [1.29, 1.82) is 5.41 Å². The standard InChI is InChI=1S/C21H21N3O5/c1-27-17-11-24(15-7-3-14(4-8-15)20(22)23)21(26)19(17)13-5-9-16(10-6-13)29-12-18(25)28-2/h3-10H,11-12H2,1-2H3,(H3,22,23). The minimum Gasteiger partial charge on any atom is -0.498 e. The van der Waals surface area contributed by atoms with E-state index in [4.69, 9.17) is 20.6 Å². The average Bonchev–Trinajstić information content (AvgIpc) is 3.08. The summed E-state index contributed by atoms with van der Waals surface area (Å²) in [4.78, 5) is 25.8. The Kier molecular flexibility index (Phi) is 5.82. The molecule has 1 aliphatic heterocycles. The highest BCUT2D eigenvalue weighted by molar-refractivity contribution is 6.29. The highest BCUT2D eigenvalue weighted by Gasteiger charge is 2.33. The van der Waals surface area contributed by atoms with Crippen LogP contribution in [0.2, 0.25) is 0 Å². The van der Waals surface area contributed by atoms with Gasteiger partial charge in [-0.05, 0) is 42.0 Å². The van der Waals surface area contributed by atoms with Gasteiger partial charge in [0.25, 0.3) is 5.91 Å². The zero-order valence-corrected chi connectivity index (χ0v) is 16.1. The number of benzene rings is 2. The monoisotopic (exact) mass is 395 g/mol. The summed E-state index contributed by atoms with van der Waals surface area (Å²) in [5.74, 6) is 0.335. The molecule has 3 N–H and O–H groups in total. The van der Waals surface area contributed by atoms with Gasteiger partial charge in [0.1, 0.15) is 17.3 Å². The first-order chi connectivity index (χ1) is 13.9. The number of nitrogens with two attached hydrogens (primary N) is 1. The van der Waals surface area contributed by atoms with E-state index in [1.807, 2.05) is 0 Å². The first-order valence-corrected chi connectivity index (χ1v) is 8.78. The summed E-state index contributed by atoms with van der Waals surface area (Å²) < 4.78 is 15.3. The fourth-order valence-corrected chi connectivity index (χ4v) is 2.95. The highest BCUT2D eigenvalue weighted by atomic mass is 16.6. The molecule has 150 valence electrons. The van der Waals surface area contributed by atoms with Crippen molar-refractivity contribution in [2.24, 2.45) is 5.73 Å². The Morgan fingerprint density at radius 1 is 1.10 bits per heavy atom. The van der Waals surface area contributed by atoms with E-state index >= 15 is 0 Å². The molecule has 0 aromatic heterocycles. The van der Waals surface area contributed by atoms with Gasteiger partial charge in [0.05, 0.1) is 26.3 Å². The minimum atomic E-state index is -0.476. The van der Waals surface area contributed by atoms with Crippen LogP contribution in [0.4, 0.5) is 5.69 Å². The number of methoxy groups -OCH3 is 2. The van der Waals surface area contributed by atoms with Crippen molar-refractivity contribution >= 4 is 29.0 Å². The summed E-state index contributed by atoms with van der Waals surface area (Å²) in [6.07, 6.45) is 0. The molecule has 0 saturated heterocycles. The van der Waals surface area contributed by atoms with E-state index in [9.17, 15) is 9.59 Å². The molecule has 0 bridgehead atoms. The molecule has 0 atom stereocenters. The Balaban J connectivity index is 1.80. The fourth-order valence-electron chi connectivity index (χ4n) is 2.95. The number of ether oxygens (including phenoxy) is 3. The van der Waals surface area contributed by atoms with Gasteiger partial charge in [-0.2, -0.15) is 0 Å². The topological polar surface area (TPSA) is 115 Å². The Hall–Kier alpha value is -3.81. The Morgan fingerprint density at radius 2 is 1.76 bits per heavy atom. The third-order valence-corrected chi connectivity index (χ3v) is 4.50. The van der Waals surface area contributed by atoms with E-state index < -0.39 is 5.97 Å². The smallest absolute Gasteiger partial charge is 0.343 e. The Morgan fingerprint density at radius 3 is 2.31 bits per heavy atom. The van der Waals surface area contributed by atoms with Crippen LogP contribution < -0.4 is 15.4 Å². The van der Waals surface area contributed by atoms with Gasteiger partial charge in [0.15, 0.2) is 6.61 Å². The number of carbonyl (C=O) groups excluding carboxylic acids is 2. The van der Waals surface area contributed by atoms with Gasteiger partial charge >= 0.3 is 5.97 Å². The molecule has 1 aliphatic rings. The largest absolute Gasteiger partial charge is 0.498 e. The molecular formula is C21H21N3O5. The van der Waals surface area contributed by atoms with Crippen molar-refractivity contribution < 1.29 is 23.8 Å². The van der Waals surface area contributed by atoms with Crippen molar-refractivity contribution in [3.05, 3.63) is 65.4 Å². The van der Waals surface area contributed by atoms with Crippen LogP contribution in [0.3, 0.4) is 0 Å². The number of nitrogens with one attached hydrogen (secondary N) is 1. The molecule has 29 heavy (non-hydrogen) atoms. The summed E-state index contributed by atoms with van der Waals surface area (Å²) >= 11 is 0. The molecule has 3 rings (SSSR count). The lowest BCUT2D eigenvalue weighted by atomic mass is 10.1. The molecule has 0 fully saturated rings. The summed E-state index contributed by atoms with van der Waals surface area (Å²) in [5.41, 5.74) is 7.89. The lowest BCUT2D eigenvalue weighted by molar-refractivity contribution is -0.142. The molecular weight excluding hydrogens is 374 g/mol. The average molecular weight is 395 g/mol. The zero-order valence-electron chi connectivity index (χ0n) is 16.1. The van der Waals surface area contributed by atoms with Crippen molar-refractivity contribution in [2.45, 2.75) is 0 Å². The maximum Gasteiger partial charge on any atom is 0.343 e. The molecule has 8 nitrogen and oxygen atoms in total. The van der Waals surface area contributed by atoms with Crippen LogP contribution in [0.1, 0.15) is 11.1 Å². The maximum atomic E-state index is 13.1. The van der Waals surface area contributed by atoms with Crippen molar-refractivity contribution in [3.63, 3.8) is 0 Å². The molecule has 1 amide bonds. The molecule has 8 heteroatoms. The quantitative estimate of drug-likeness (QED) is 0.421. The lowest BCUT2D eigenvalue weighted by Gasteiger charge is -2.17. The number of esters is 1. The van der Waals surface area contributed by atoms with Gasteiger partial charge in [0.2, 0.25) is 0 Å². The van der Waals surface area contributed by atoms with Crippen molar-refractivity contribution in [1.82, 2.24) is 0 Å². The fraction of sp³-hybridized carbons (Fsp3) is 0.190. The first kappa shape index (κ1) is 19.9. The minimum absolute atomic E-state index is 0.0322. The summed E-state index contributed by atoms with van der Waals surface area (Å²) in [5, 5.41) is 7.48. The number of amidine groups is 1. The van der Waals surface area contributed by atoms with Gasteiger partial charge in [-0.25, -0.2) is 4.79 Å². The predicted molar refractivity (Wildman–Crippen MR) is 108 cm³/mol. The van der Waals surface area contributed by atoms with Crippen LogP contribution in [0, 0.1) is 5.41 Å². The number of nitrogen functional groups attached to an aromatic ring is 1. The lowest BCUT2D eigenvalue weighted by Crippen LogP contribution is -2.26. The van der Waals surface area contributed by atoms with Crippen LogP contribution in [0.5, 0.6) is 5.75 Å². The number of amides is 1. The number of nitrogens with zero attached hydrogens (tertiary/aromatic N) is 1. The number of rotatable bonds is 7. The molecule has 2 aromatic rings. The van der Waals surface area contributed by atoms with E-state index in [-0.39, 0.29) is 18.3 Å². The van der Waals surface area contributed by atoms with Crippen molar-refractivity contribution in [2.75, 3.05) is 32.3 Å². The SMILES string of the molecule is COC(=O)COc1ccc(C2=C(OC)CN(c3ccc(C(=N)N)cc3)C2=O)cc1. The van der Waals surface area contributed by atoms with Gasteiger partial charge in [-0.15, -0.1) is 0 Å². The normalized spacial score (nSPS) is 13.4. The maximum absolute atomic E-state index is 13.1. The third kappa shape index (κ3) is 4.21. The number of anilines is 1. The summed E-state index contributed by atoms with van der Waals surface area (Å²) in [6.45, 7) is 0.107. The molecule has 0 saturated carbocycles. The third-order valence-electron chi connectivity index (χ3n) is 4.50. The second kappa shape index (κ2) is 8.47. The number of hydrogen-bond acceptors (Lipinski definition) is 6. The Bertz CT molecular complexity index is 965. The van der Waals surface area contributed by atoms with Crippen molar-refractivity contribution in [3.8, 4) is 5.75 Å². The molecule has 0 radical (unpaired) electrons. The molecule has 1 heterocycles. The van der Waals surface area contributed by atoms with Gasteiger partial charge in [-0.3, -0.25) is 10.2 Å². The second-order valence-corrected chi connectivity index (χ2v) is 6.24. The van der Waals surface area contributed by atoms with Crippen LogP contribution in [-0.2, 0) is 19.1 Å². The van der Waals surface area contributed by atoms with Gasteiger partial charge in [-0.1, -0.05) is 12.1 Å². The summed E-state index contributed by atoms with van der Waals surface area (Å²) in [7, 11) is 2.82. The van der Waals surface area contributed by atoms with Crippen LogP contribution in [0.15, 0.2) is 54.3 Å². The zero-order chi connectivity index (χ0) is 21.0. The van der Waals surface area contributed by atoms with Crippen LogP contribution in [0.25, 0.3) is 5.57 Å². The molecule has 0 aliphatic carbocycles. The molecule has 0 unspecified atom stereocenters. The highest BCUT2D eigenvalue weighted by Crippen LogP contribution is 2.33. The van der Waals surface area contributed by atoms with Crippen LogP contribution >= 0.6 is 0 Å². The summed E-state index contributed by atoms with van der Waals surface area (Å²) in [6, 6.07) is 13.7. The van der Waals surface area contributed by atoms with E-state index in [0.717, 1.165) is 0 Å². The van der Waals surface area contributed by atoms with Gasteiger partial charge < -0.3 is 24.8 Å². The number of hydrogen-bond donors (Lipinski definition) is 2. The predicted octanol–water partition coefficient (Wildman–Crippen LogP) is 1.93. The molecule has 0 spiro atoms. The first-order valence-electron chi connectivity index (χ1n) is 8.78. The van der Waals surface area contributed by atoms with E-state index in [1.54, 1.807) is 53.4 Å². The Labute approximate surface area is 168 Å².